The third-order valence-electron chi connectivity index (χ3n) is 4.36. The van der Waals surface area contributed by atoms with Crippen LogP contribution in [-0.4, -0.2) is 21.4 Å². The smallest absolute Gasteiger partial charge is 0.277 e. The van der Waals surface area contributed by atoms with Gasteiger partial charge in [-0.05, 0) is 24.5 Å². The van der Waals surface area contributed by atoms with E-state index in [0.29, 0.717) is 23.1 Å². The molecule has 1 aromatic heterocycles. The molecule has 0 bridgehead atoms. The zero-order valence-electron chi connectivity index (χ0n) is 15.8. The zero-order valence-corrected chi connectivity index (χ0v) is 16.6. The first-order valence-electron chi connectivity index (χ1n) is 9.08. The van der Waals surface area contributed by atoms with Gasteiger partial charge in [0.05, 0.1) is 5.25 Å². The summed E-state index contributed by atoms with van der Waals surface area (Å²) in [7, 11) is 0. The number of hydrogen-bond donors (Lipinski definition) is 1. The highest BCUT2D eigenvalue weighted by Gasteiger charge is 2.19. The van der Waals surface area contributed by atoms with Crippen molar-refractivity contribution in [3.8, 4) is 0 Å². The van der Waals surface area contributed by atoms with E-state index in [1.165, 1.54) is 23.4 Å². The number of amides is 1. The maximum absolute atomic E-state index is 13.6. The van der Waals surface area contributed by atoms with Crippen LogP contribution in [0.25, 0.3) is 0 Å². The average molecular weight is 399 g/mol. The van der Waals surface area contributed by atoms with Crippen molar-refractivity contribution >= 4 is 17.7 Å². The number of aromatic nitrogens is 2. The molecule has 0 fully saturated rings. The molecule has 0 spiro atoms. The van der Waals surface area contributed by atoms with Gasteiger partial charge in [-0.15, -0.1) is 10.2 Å². The summed E-state index contributed by atoms with van der Waals surface area (Å²) in [5.41, 5.74) is 1.65. The Bertz CT molecular complexity index is 917. The van der Waals surface area contributed by atoms with Crippen LogP contribution in [0.1, 0.15) is 36.8 Å². The summed E-state index contributed by atoms with van der Waals surface area (Å²) in [6.45, 7) is 3.99. The van der Waals surface area contributed by atoms with Crippen molar-refractivity contribution in [3.63, 3.8) is 0 Å². The standard InChI is InChI=1S/C21H22FN3O2S/c1-14(16-8-4-3-5-9-16)12-19-24-25-21(27-19)28-15(2)20(26)23-13-17-10-6-7-11-18(17)22/h3-11,14-15H,12-13H2,1-2H3,(H,23,26). The molecule has 28 heavy (non-hydrogen) atoms. The summed E-state index contributed by atoms with van der Waals surface area (Å²) < 4.78 is 19.3. The number of nitrogens with zero attached hydrogens (tertiary/aromatic N) is 2. The van der Waals surface area contributed by atoms with Crippen LogP contribution in [0.4, 0.5) is 4.39 Å². The van der Waals surface area contributed by atoms with Gasteiger partial charge in [0.25, 0.3) is 5.22 Å². The molecule has 2 unspecified atom stereocenters. The normalized spacial score (nSPS) is 13.1. The summed E-state index contributed by atoms with van der Waals surface area (Å²) in [6.07, 6.45) is 0.630. The van der Waals surface area contributed by atoms with Crippen molar-refractivity contribution < 1.29 is 13.6 Å². The summed E-state index contributed by atoms with van der Waals surface area (Å²) in [5.74, 6) is 0.238. The van der Waals surface area contributed by atoms with Crippen molar-refractivity contribution in [2.45, 2.75) is 43.2 Å². The van der Waals surface area contributed by atoms with E-state index in [1.54, 1.807) is 25.1 Å². The second-order valence-electron chi connectivity index (χ2n) is 6.55. The SMILES string of the molecule is CC(Sc1nnc(CC(C)c2ccccc2)o1)C(=O)NCc1ccccc1F. The number of halogens is 1. The quantitative estimate of drug-likeness (QED) is 0.570. The first-order chi connectivity index (χ1) is 13.5. The van der Waals surface area contributed by atoms with E-state index in [2.05, 4.69) is 34.6 Å². The van der Waals surface area contributed by atoms with Gasteiger partial charge in [-0.2, -0.15) is 0 Å². The number of thioether (sulfide) groups is 1. The van der Waals surface area contributed by atoms with Crippen LogP contribution >= 0.6 is 11.8 Å². The Balaban J connectivity index is 1.51. The number of hydrogen-bond acceptors (Lipinski definition) is 5. The van der Waals surface area contributed by atoms with Gasteiger partial charge in [0, 0.05) is 18.5 Å². The fraction of sp³-hybridized carbons (Fsp3) is 0.286. The zero-order chi connectivity index (χ0) is 19.9. The highest BCUT2D eigenvalue weighted by Crippen LogP contribution is 2.25. The molecular formula is C21H22FN3O2S. The van der Waals surface area contributed by atoms with Crippen LogP contribution in [0.3, 0.4) is 0 Å². The molecule has 0 aliphatic heterocycles. The van der Waals surface area contributed by atoms with Crippen LogP contribution in [0.2, 0.25) is 0 Å². The predicted molar refractivity (Wildman–Crippen MR) is 106 cm³/mol. The second kappa shape index (κ2) is 9.50. The maximum Gasteiger partial charge on any atom is 0.277 e. The Labute approximate surface area is 167 Å². The molecule has 1 N–H and O–H groups in total. The third-order valence-corrected chi connectivity index (χ3v) is 5.29. The van der Waals surface area contributed by atoms with E-state index < -0.39 is 5.25 Å². The molecule has 0 saturated heterocycles. The number of nitrogens with one attached hydrogen (secondary N) is 1. The van der Waals surface area contributed by atoms with Crippen molar-refractivity contribution in [2.24, 2.45) is 0 Å². The Morgan fingerprint density at radius 3 is 2.57 bits per heavy atom. The van der Waals surface area contributed by atoms with E-state index in [4.69, 9.17) is 4.42 Å². The van der Waals surface area contributed by atoms with Crippen LogP contribution < -0.4 is 5.32 Å². The van der Waals surface area contributed by atoms with Gasteiger partial charge >= 0.3 is 0 Å². The maximum atomic E-state index is 13.6. The van der Waals surface area contributed by atoms with Gasteiger partial charge < -0.3 is 9.73 Å². The number of benzene rings is 2. The third kappa shape index (κ3) is 5.42. The largest absolute Gasteiger partial charge is 0.416 e. The molecule has 0 saturated carbocycles. The number of carbonyl (C=O) groups excluding carboxylic acids is 1. The molecule has 0 aliphatic rings. The number of rotatable bonds is 8. The highest BCUT2D eigenvalue weighted by molar-refractivity contribution is 8.00. The topological polar surface area (TPSA) is 68.0 Å². The second-order valence-corrected chi connectivity index (χ2v) is 7.84. The number of carbonyl (C=O) groups is 1. The fourth-order valence-electron chi connectivity index (χ4n) is 2.70. The van der Waals surface area contributed by atoms with E-state index in [1.807, 2.05) is 18.2 Å². The van der Waals surface area contributed by atoms with Crippen molar-refractivity contribution in [1.29, 1.82) is 0 Å². The fourth-order valence-corrected chi connectivity index (χ4v) is 3.43. The molecule has 7 heteroatoms. The Kier molecular flexibility index (Phi) is 6.81. The van der Waals surface area contributed by atoms with Crippen molar-refractivity contribution in [1.82, 2.24) is 15.5 Å². The van der Waals surface area contributed by atoms with Crippen molar-refractivity contribution in [3.05, 3.63) is 77.4 Å². The van der Waals surface area contributed by atoms with Gasteiger partial charge in [-0.25, -0.2) is 4.39 Å². The predicted octanol–water partition coefficient (Wildman–Crippen LogP) is 4.35. The minimum atomic E-state index is -0.438. The lowest BCUT2D eigenvalue weighted by atomic mass is 9.98. The lowest BCUT2D eigenvalue weighted by Gasteiger charge is -2.10. The van der Waals surface area contributed by atoms with Crippen LogP contribution in [-0.2, 0) is 17.8 Å². The van der Waals surface area contributed by atoms with Crippen molar-refractivity contribution in [2.75, 3.05) is 0 Å². The van der Waals surface area contributed by atoms with Gasteiger partial charge in [0.1, 0.15) is 5.82 Å². The van der Waals surface area contributed by atoms with Gasteiger partial charge in [0.2, 0.25) is 11.8 Å². The highest BCUT2D eigenvalue weighted by atomic mass is 32.2. The molecule has 2 aromatic carbocycles. The first-order valence-corrected chi connectivity index (χ1v) is 9.96. The summed E-state index contributed by atoms with van der Waals surface area (Å²) in [5, 5.41) is 10.7. The summed E-state index contributed by atoms with van der Waals surface area (Å²) in [4.78, 5) is 12.3. The lowest BCUT2D eigenvalue weighted by Crippen LogP contribution is -2.30. The van der Waals surface area contributed by atoms with Gasteiger partial charge in [-0.1, -0.05) is 67.2 Å². The van der Waals surface area contributed by atoms with E-state index in [9.17, 15) is 9.18 Å². The van der Waals surface area contributed by atoms with Crippen LogP contribution in [0.5, 0.6) is 0 Å². The Morgan fingerprint density at radius 1 is 1.11 bits per heavy atom. The lowest BCUT2D eigenvalue weighted by molar-refractivity contribution is -0.120. The van der Waals surface area contributed by atoms with E-state index in [-0.39, 0.29) is 24.2 Å². The van der Waals surface area contributed by atoms with E-state index >= 15 is 0 Å². The molecular weight excluding hydrogens is 377 g/mol. The first kappa shape index (κ1) is 20.1. The summed E-state index contributed by atoms with van der Waals surface area (Å²) >= 11 is 1.19. The molecule has 2 atom stereocenters. The molecule has 1 heterocycles. The van der Waals surface area contributed by atoms with Gasteiger partial charge in [0.15, 0.2) is 0 Å². The molecule has 1 amide bonds. The van der Waals surface area contributed by atoms with Gasteiger partial charge in [-0.3, -0.25) is 4.79 Å². The minimum absolute atomic E-state index is 0.139. The molecule has 5 nitrogen and oxygen atoms in total. The molecule has 3 rings (SSSR count). The molecule has 0 aliphatic carbocycles. The molecule has 3 aromatic rings. The minimum Gasteiger partial charge on any atom is -0.416 e. The summed E-state index contributed by atoms with van der Waals surface area (Å²) in [6, 6.07) is 16.5. The molecule has 146 valence electrons. The Morgan fingerprint density at radius 2 is 1.82 bits per heavy atom. The van der Waals surface area contributed by atoms with Crippen LogP contribution in [0.15, 0.2) is 64.2 Å². The monoisotopic (exact) mass is 399 g/mol. The van der Waals surface area contributed by atoms with E-state index in [0.717, 1.165) is 0 Å². The average Bonchev–Trinajstić information content (AvgIpc) is 3.14. The van der Waals surface area contributed by atoms with Crippen LogP contribution in [0, 0.1) is 5.82 Å². The Hall–Kier alpha value is -2.67. The molecule has 0 radical (unpaired) electrons.